The minimum Gasteiger partial charge on any atom is -0.396 e. The summed E-state index contributed by atoms with van der Waals surface area (Å²) in [5.74, 6) is 0.00463. The Morgan fingerprint density at radius 1 is 1.18 bits per heavy atom. The van der Waals surface area contributed by atoms with E-state index >= 15 is 0 Å². The van der Waals surface area contributed by atoms with Crippen LogP contribution in [0.4, 0.5) is 0 Å². The Balaban J connectivity index is 0. The van der Waals surface area contributed by atoms with Crippen molar-refractivity contribution in [2.75, 3.05) is 13.7 Å². The third-order valence-corrected chi connectivity index (χ3v) is 2.44. The predicted molar refractivity (Wildman–Crippen MR) is 70.8 cm³/mol. The maximum atomic E-state index is 9.70. The van der Waals surface area contributed by atoms with Gasteiger partial charge in [-0.1, -0.05) is 32.6 Å². The number of aliphatic hydroxyl groups is 2. The van der Waals surface area contributed by atoms with Crippen molar-refractivity contribution in [3.05, 3.63) is 0 Å². The Bertz CT molecular complexity index is 163. The normalized spacial score (nSPS) is 11.4. The van der Waals surface area contributed by atoms with Gasteiger partial charge in [-0.05, 0) is 19.3 Å². The number of hydrogen-bond acceptors (Lipinski definition) is 3. The average molecular weight is 247 g/mol. The average Bonchev–Trinajstić information content (AvgIpc) is 2.32. The number of hydrogen-bond donors (Lipinski definition) is 3. The van der Waals surface area contributed by atoms with Crippen LogP contribution in [0.5, 0.6) is 0 Å². The molecule has 17 heavy (non-hydrogen) atoms. The quantitative estimate of drug-likeness (QED) is 0.573. The summed E-state index contributed by atoms with van der Waals surface area (Å²) >= 11 is 0. The Hall–Kier alpha value is -0.610. The highest BCUT2D eigenvalue weighted by Crippen LogP contribution is 2.08. The number of carbonyl (C=O) groups excluding carboxylic acids is 1. The van der Waals surface area contributed by atoms with E-state index in [1.807, 2.05) is 0 Å². The lowest BCUT2D eigenvalue weighted by Gasteiger charge is -2.08. The number of carbonyl (C=O) groups is 1. The molecule has 0 spiro atoms. The van der Waals surface area contributed by atoms with Gasteiger partial charge >= 0.3 is 0 Å². The van der Waals surface area contributed by atoms with E-state index in [1.165, 1.54) is 6.92 Å². The van der Waals surface area contributed by atoms with Crippen LogP contribution in [0.15, 0.2) is 0 Å². The molecule has 0 bridgehead atoms. The van der Waals surface area contributed by atoms with Crippen molar-refractivity contribution in [3.63, 3.8) is 0 Å². The Morgan fingerprint density at radius 3 is 2.12 bits per heavy atom. The van der Waals surface area contributed by atoms with Crippen LogP contribution < -0.4 is 5.32 Å². The van der Waals surface area contributed by atoms with Crippen molar-refractivity contribution >= 4 is 5.91 Å². The molecule has 0 aromatic carbocycles. The van der Waals surface area contributed by atoms with Gasteiger partial charge in [0, 0.05) is 20.6 Å². The molecule has 0 aliphatic carbocycles. The van der Waals surface area contributed by atoms with Crippen molar-refractivity contribution in [1.82, 2.24) is 5.32 Å². The van der Waals surface area contributed by atoms with E-state index in [0.29, 0.717) is 0 Å². The Kier molecular flexibility index (Phi) is 17.0. The van der Waals surface area contributed by atoms with Gasteiger partial charge in [-0.2, -0.15) is 0 Å². The van der Waals surface area contributed by atoms with E-state index < -0.39 is 0 Å². The van der Waals surface area contributed by atoms with E-state index in [-0.39, 0.29) is 18.6 Å². The van der Waals surface area contributed by atoms with Crippen molar-refractivity contribution in [3.8, 4) is 0 Å². The molecule has 0 radical (unpaired) electrons. The second-order valence-electron chi connectivity index (χ2n) is 4.18. The predicted octanol–water partition coefficient (Wildman–Crippen LogP) is 1.84. The maximum absolute atomic E-state index is 9.70. The lowest BCUT2D eigenvalue weighted by molar-refractivity contribution is -0.118. The third kappa shape index (κ3) is 21.3. The summed E-state index contributed by atoms with van der Waals surface area (Å²) in [6.07, 6.45) is 6.99. The molecular weight excluding hydrogens is 218 g/mol. The molecule has 0 aromatic rings. The topological polar surface area (TPSA) is 69.6 Å². The van der Waals surface area contributed by atoms with Crippen LogP contribution in [-0.4, -0.2) is 35.9 Å². The molecule has 1 unspecified atom stereocenters. The summed E-state index contributed by atoms with van der Waals surface area (Å²) in [5, 5.41) is 20.3. The van der Waals surface area contributed by atoms with E-state index in [9.17, 15) is 9.90 Å². The molecule has 0 aromatic heterocycles. The fourth-order valence-electron chi connectivity index (χ4n) is 1.25. The second-order valence-corrected chi connectivity index (χ2v) is 4.18. The first-order valence-electron chi connectivity index (χ1n) is 6.55. The monoisotopic (exact) mass is 247 g/mol. The Labute approximate surface area is 105 Å². The van der Waals surface area contributed by atoms with Gasteiger partial charge in [-0.15, -0.1) is 0 Å². The molecule has 3 N–H and O–H groups in total. The highest BCUT2D eigenvalue weighted by atomic mass is 16.3. The molecule has 1 atom stereocenters. The molecule has 1 amide bonds. The highest BCUT2D eigenvalue weighted by Gasteiger charge is 2.01. The number of rotatable bonds is 8. The molecule has 0 aliphatic rings. The van der Waals surface area contributed by atoms with Gasteiger partial charge in [0.15, 0.2) is 0 Å². The lowest BCUT2D eigenvalue weighted by atomic mass is 10.1. The summed E-state index contributed by atoms with van der Waals surface area (Å²) in [6.45, 7) is 3.89. The van der Waals surface area contributed by atoms with E-state index in [2.05, 4.69) is 12.2 Å². The SMILES string of the molecule is CCCCC(O)CCCCCO.CNC(C)=O. The first-order valence-corrected chi connectivity index (χ1v) is 6.55. The molecular formula is C13H29NO3. The molecule has 4 nitrogen and oxygen atoms in total. The zero-order valence-electron chi connectivity index (χ0n) is 11.5. The smallest absolute Gasteiger partial charge is 0.216 e. The van der Waals surface area contributed by atoms with Crippen molar-refractivity contribution in [2.45, 2.75) is 64.9 Å². The fraction of sp³-hybridized carbons (Fsp3) is 0.923. The van der Waals surface area contributed by atoms with Crippen LogP contribution in [-0.2, 0) is 4.79 Å². The van der Waals surface area contributed by atoms with Crippen LogP contribution in [0.25, 0.3) is 0 Å². The van der Waals surface area contributed by atoms with Gasteiger partial charge < -0.3 is 15.5 Å². The third-order valence-electron chi connectivity index (χ3n) is 2.44. The van der Waals surface area contributed by atoms with Gasteiger partial charge in [-0.25, -0.2) is 0 Å². The zero-order chi connectivity index (χ0) is 13.5. The first kappa shape index (κ1) is 18.7. The van der Waals surface area contributed by atoms with Gasteiger partial charge in [0.1, 0.15) is 0 Å². The largest absolute Gasteiger partial charge is 0.396 e. The molecule has 0 aliphatic heterocycles. The maximum Gasteiger partial charge on any atom is 0.216 e. The molecule has 0 heterocycles. The van der Waals surface area contributed by atoms with Crippen LogP contribution in [0.1, 0.15) is 58.8 Å². The molecule has 0 fully saturated rings. The zero-order valence-corrected chi connectivity index (χ0v) is 11.5. The fourth-order valence-corrected chi connectivity index (χ4v) is 1.25. The minimum absolute atomic E-state index is 0.00463. The van der Waals surface area contributed by atoms with Crippen molar-refractivity contribution < 1.29 is 15.0 Å². The second kappa shape index (κ2) is 15.4. The van der Waals surface area contributed by atoms with E-state index in [0.717, 1.165) is 44.9 Å². The summed E-state index contributed by atoms with van der Waals surface area (Å²) < 4.78 is 0. The molecule has 0 rings (SSSR count). The van der Waals surface area contributed by atoms with Crippen LogP contribution in [0.2, 0.25) is 0 Å². The van der Waals surface area contributed by atoms with Crippen molar-refractivity contribution in [1.29, 1.82) is 0 Å². The summed E-state index contributed by atoms with van der Waals surface area (Å²) in [6, 6.07) is 0. The summed E-state index contributed by atoms with van der Waals surface area (Å²) in [4.78, 5) is 9.70. The number of aliphatic hydroxyl groups excluding tert-OH is 2. The van der Waals surface area contributed by atoms with Gasteiger partial charge in [0.25, 0.3) is 0 Å². The minimum atomic E-state index is -0.108. The number of nitrogens with one attached hydrogen (secondary N) is 1. The molecule has 4 heteroatoms. The Morgan fingerprint density at radius 2 is 1.71 bits per heavy atom. The number of amides is 1. The molecule has 0 saturated carbocycles. The molecule has 104 valence electrons. The lowest BCUT2D eigenvalue weighted by Crippen LogP contribution is -2.11. The number of unbranched alkanes of at least 4 members (excludes halogenated alkanes) is 3. The van der Waals surface area contributed by atoms with Gasteiger partial charge in [-0.3, -0.25) is 4.79 Å². The van der Waals surface area contributed by atoms with Crippen LogP contribution in [0.3, 0.4) is 0 Å². The van der Waals surface area contributed by atoms with Crippen LogP contribution >= 0.6 is 0 Å². The highest BCUT2D eigenvalue weighted by molar-refractivity contribution is 5.72. The summed E-state index contributed by atoms with van der Waals surface area (Å²) in [5.41, 5.74) is 0. The molecule has 0 saturated heterocycles. The van der Waals surface area contributed by atoms with Crippen molar-refractivity contribution in [2.24, 2.45) is 0 Å². The van der Waals surface area contributed by atoms with Gasteiger partial charge in [0.05, 0.1) is 6.10 Å². The van der Waals surface area contributed by atoms with Gasteiger partial charge in [0.2, 0.25) is 5.91 Å². The van der Waals surface area contributed by atoms with E-state index in [1.54, 1.807) is 7.05 Å². The first-order chi connectivity index (χ1) is 8.08. The standard InChI is InChI=1S/C10H22O2.C3H7NO/c1-2-3-7-10(12)8-5-4-6-9-11;1-3(5)4-2/h10-12H,2-9H2,1H3;1-2H3,(H,4,5). The summed E-state index contributed by atoms with van der Waals surface area (Å²) in [7, 11) is 1.60. The van der Waals surface area contributed by atoms with Crippen LogP contribution in [0, 0.1) is 0 Å². The van der Waals surface area contributed by atoms with E-state index in [4.69, 9.17) is 5.11 Å².